The third-order valence-corrected chi connectivity index (χ3v) is 9.11. The molecular formula is C33H32FN3O5S2. The molecule has 1 aliphatic heterocycles. The van der Waals surface area contributed by atoms with Gasteiger partial charge >= 0.3 is 5.91 Å². The molecule has 4 aromatic rings. The normalized spacial score (nSPS) is 16.0. The van der Waals surface area contributed by atoms with Gasteiger partial charge in [-0.1, -0.05) is 84.5 Å². The van der Waals surface area contributed by atoms with Gasteiger partial charge in [-0.05, 0) is 55.7 Å². The quantitative estimate of drug-likeness (QED) is 0.0428. The Bertz CT molecular complexity index is 1670. The van der Waals surface area contributed by atoms with E-state index in [9.17, 15) is 19.1 Å². The first-order chi connectivity index (χ1) is 21.3. The van der Waals surface area contributed by atoms with Crippen LogP contribution >= 0.6 is 23.1 Å². The molecule has 0 spiro atoms. The molecule has 1 aromatic heterocycles. The van der Waals surface area contributed by atoms with E-state index in [1.807, 2.05) is 26.0 Å². The number of unbranched alkanes of at least 4 members (excludes halogenated alkanes) is 1. The molecule has 2 heterocycles. The van der Waals surface area contributed by atoms with E-state index in [4.69, 9.17) is 9.47 Å². The maximum Gasteiger partial charge on any atom is 0.301 e. The highest BCUT2D eigenvalue weighted by Gasteiger charge is 2.48. The second-order valence-electron chi connectivity index (χ2n) is 10.1. The van der Waals surface area contributed by atoms with Gasteiger partial charge in [-0.3, -0.25) is 14.5 Å². The number of hydrogen-bond donors (Lipinski definition) is 1. The number of Topliss-reactive ketones (excluding diaryl/α,β-unsaturated/α-hetero) is 1. The standard InChI is InChI=1S/C33H32FN3O5S2/c1-4-6-17-42-25-16-13-23(18-26(25)41-5-2)28-27(29(38)22-11-7-20(3)8-12-22)30(39)31(40)37(28)32-35-36-33(44-32)43-19-21-9-14-24(34)15-10-21/h7-16,18,28,38H,4-6,17,19H2,1-3H3/b29-27+. The first-order valence-electron chi connectivity index (χ1n) is 14.3. The van der Waals surface area contributed by atoms with E-state index in [2.05, 4.69) is 17.1 Å². The van der Waals surface area contributed by atoms with Crippen LogP contribution in [0.25, 0.3) is 5.76 Å². The molecule has 1 saturated heterocycles. The summed E-state index contributed by atoms with van der Waals surface area (Å²) < 4.78 is 25.7. The monoisotopic (exact) mass is 633 g/mol. The number of ketones is 1. The summed E-state index contributed by atoms with van der Waals surface area (Å²) in [5.41, 5.74) is 2.78. The molecule has 0 bridgehead atoms. The zero-order chi connectivity index (χ0) is 31.2. The van der Waals surface area contributed by atoms with Crippen molar-refractivity contribution in [3.8, 4) is 11.5 Å². The van der Waals surface area contributed by atoms with Crippen molar-refractivity contribution >= 4 is 45.7 Å². The summed E-state index contributed by atoms with van der Waals surface area (Å²) in [6.45, 7) is 6.75. The molecule has 3 aromatic carbocycles. The molecule has 1 fully saturated rings. The summed E-state index contributed by atoms with van der Waals surface area (Å²) in [6.07, 6.45) is 1.85. The summed E-state index contributed by atoms with van der Waals surface area (Å²) in [5, 5.41) is 20.2. The number of rotatable bonds is 12. The van der Waals surface area contributed by atoms with Gasteiger partial charge in [0, 0.05) is 11.3 Å². The van der Waals surface area contributed by atoms with E-state index in [0.29, 0.717) is 45.9 Å². The number of amides is 1. The fraction of sp³-hybridized carbons (Fsp3) is 0.273. The maximum atomic E-state index is 13.6. The highest BCUT2D eigenvalue weighted by atomic mass is 32.2. The van der Waals surface area contributed by atoms with Crippen LogP contribution in [-0.2, 0) is 15.3 Å². The van der Waals surface area contributed by atoms with Gasteiger partial charge in [0.2, 0.25) is 5.13 Å². The van der Waals surface area contributed by atoms with Crippen molar-refractivity contribution < 1.29 is 28.6 Å². The molecule has 228 valence electrons. The number of carbonyl (C=O) groups is 2. The van der Waals surface area contributed by atoms with E-state index in [1.54, 1.807) is 42.5 Å². The predicted molar refractivity (Wildman–Crippen MR) is 170 cm³/mol. The van der Waals surface area contributed by atoms with E-state index < -0.39 is 17.7 Å². The van der Waals surface area contributed by atoms with Crippen molar-refractivity contribution in [2.45, 2.75) is 49.7 Å². The fourth-order valence-corrected chi connectivity index (χ4v) is 6.53. The fourth-order valence-electron chi connectivity index (χ4n) is 4.70. The molecule has 1 aliphatic rings. The minimum absolute atomic E-state index is 0.0586. The lowest BCUT2D eigenvalue weighted by Gasteiger charge is -2.23. The number of ether oxygens (including phenoxy) is 2. The zero-order valence-corrected chi connectivity index (χ0v) is 26.2. The summed E-state index contributed by atoms with van der Waals surface area (Å²) in [5.74, 6) is -0.716. The number of carbonyl (C=O) groups excluding carboxylic acids is 2. The van der Waals surface area contributed by atoms with E-state index >= 15 is 0 Å². The van der Waals surface area contributed by atoms with Gasteiger partial charge in [-0.25, -0.2) is 4.39 Å². The SMILES string of the molecule is CCCCOc1ccc(C2/C(=C(\O)c3ccc(C)cc3)C(=O)C(=O)N2c2nnc(SCc3ccc(F)cc3)s2)cc1OCC. The number of anilines is 1. The van der Waals surface area contributed by atoms with Crippen LogP contribution in [0.15, 0.2) is 76.6 Å². The molecule has 0 radical (unpaired) electrons. The second-order valence-corrected chi connectivity index (χ2v) is 12.3. The third-order valence-electron chi connectivity index (χ3n) is 6.99. The Morgan fingerprint density at radius 2 is 1.75 bits per heavy atom. The maximum absolute atomic E-state index is 13.6. The lowest BCUT2D eigenvalue weighted by Crippen LogP contribution is -2.29. The average molecular weight is 634 g/mol. The Labute approximate surface area is 263 Å². The van der Waals surface area contributed by atoms with Crippen molar-refractivity contribution in [2.24, 2.45) is 0 Å². The number of hydrogen-bond acceptors (Lipinski definition) is 9. The van der Waals surface area contributed by atoms with Crippen LogP contribution in [-0.4, -0.2) is 40.2 Å². The van der Waals surface area contributed by atoms with E-state index in [-0.39, 0.29) is 22.3 Å². The first kappa shape index (κ1) is 31.2. The zero-order valence-electron chi connectivity index (χ0n) is 24.6. The summed E-state index contributed by atoms with van der Waals surface area (Å²) in [7, 11) is 0. The lowest BCUT2D eigenvalue weighted by atomic mass is 9.95. The van der Waals surface area contributed by atoms with Crippen LogP contribution < -0.4 is 14.4 Å². The average Bonchev–Trinajstić information content (AvgIpc) is 3.59. The predicted octanol–water partition coefficient (Wildman–Crippen LogP) is 7.48. The van der Waals surface area contributed by atoms with Gasteiger partial charge in [0.15, 0.2) is 15.8 Å². The van der Waals surface area contributed by atoms with Crippen molar-refractivity contribution in [3.63, 3.8) is 0 Å². The molecule has 1 amide bonds. The van der Waals surface area contributed by atoms with Crippen LogP contribution in [0.2, 0.25) is 0 Å². The number of nitrogens with zero attached hydrogens (tertiary/aromatic N) is 3. The van der Waals surface area contributed by atoms with E-state index in [0.717, 1.165) is 35.3 Å². The number of benzene rings is 3. The Morgan fingerprint density at radius 1 is 1.00 bits per heavy atom. The number of thioether (sulfide) groups is 1. The summed E-state index contributed by atoms with van der Waals surface area (Å²) in [4.78, 5) is 28.5. The molecule has 5 rings (SSSR count). The number of halogens is 1. The molecule has 1 N–H and O–H groups in total. The Morgan fingerprint density at radius 3 is 2.45 bits per heavy atom. The molecule has 0 saturated carbocycles. The van der Waals surface area contributed by atoms with Crippen molar-refractivity contribution in [1.29, 1.82) is 0 Å². The number of aromatic nitrogens is 2. The van der Waals surface area contributed by atoms with Crippen molar-refractivity contribution in [1.82, 2.24) is 10.2 Å². The summed E-state index contributed by atoms with van der Waals surface area (Å²) in [6, 6.07) is 17.5. The van der Waals surface area contributed by atoms with Crippen LogP contribution in [0.1, 0.15) is 55.0 Å². The van der Waals surface area contributed by atoms with Gasteiger partial charge in [-0.2, -0.15) is 0 Å². The second kappa shape index (κ2) is 14.0. The largest absolute Gasteiger partial charge is 0.507 e. The Balaban J connectivity index is 1.56. The molecule has 44 heavy (non-hydrogen) atoms. The smallest absolute Gasteiger partial charge is 0.301 e. The van der Waals surface area contributed by atoms with Crippen LogP contribution in [0.3, 0.4) is 0 Å². The topological polar surface area (TPSA) is 102 Å². The lowest BCUT2D eigenvalue weighted by molar-refractivity contribution is -0.132. The molecular weight excluding hydrogens is 602 g/mol. The van der Waals surface area contributed by atoms with Crippen molar-refractivity contribution in [2.75, 3.05) is 18.1 Å². The minimum atomic E-state index is -0.997. The molecule has 8 nitrogen and oxygen atoms in total. The third kappa shape index (κ3) is 6.79. The molecule has 0 aliphatic carbocycles. The van der Waals surface area contributed by atoms with Crippen LogP contribution in [0.5, 0.6) is 11.5 Å². The van der Waals surface area contributed by atoms with Crippen LogP contribution in [0, 0.1) is 12.7 Å². The van der Waals surface area contributed by atoms with Gasteiger partial charge in [0.25, 0.3) is 5.78 Å². The summed E-state index contributed by atoms with van der Waals surface area (Å²) >= 11 is 2.54. The number of aryl methyl sites for hydroxylation is 1. The van der Waals surface area contributed by atoms with E-state index in [1.165, 1.54) is 28.8 Å². The number of aliphatic hydroxyl groups excluding tert-OH is 1. The van der Waals surface area contributed by atoms with Crippen LogP contribution in [0.4, 0.5) is 9.52 Å². The first-order valence-corrected chi connectivity index (χ1v) is 16.1. The highest BCUT2D eigenvalue weighted by Crippen LogP contribution is 2.45. The highest BCUT2D eigenvalue weighted by molar-refractivity contribution is 8.00. The Kier molecular flexibility index (Phi) is 9.96. The van der Waals surface area contributed by atoms with Gasteiger partial charge in [-0.15, -0.1) is 10.2 Å². The molecule has 11 heteroatoms. The van der Waals surface area contributed by atoms with Gasteiger partial charge < -0.3 is 14.6 Å². The van der Waals surface area contributed by atoms with Gasteiger partial charge in [0.1, 0.15) is 11.6 Å². The Hall–Kier alpha value is -4.22. The van der Waals surface area contributed by atoms with Gasteiger partial charge in [0.05, 0.1) is 24.8 Å². The van der Waals surface area contributed by atoms with Crippen molar-refractivity contribution in [3.05, 3.63) is 100 Å². The minimum Gasteiger partial charge on any atom is -0.507 e. The molecule has 1 unspecified atom stereocenters. The molecule has 1 atom stereocenters. The number of aliphatic hydroxyl groups is 1.